The molecule has 0 aromatic heterocycles. The molecule has 0 N–H and O–H groups in total. The monoisotopic (exact) mass is 351 g/mol. The number of hydrogen-bond acceptors (Lipinski definition) is 8. The molecule has 0 radical (unpaired) electrons. The molecule has 0 aliphatic heterocycles. The van der Waals surface area contributed by atoms with Gasteiger partial charge in [-0.25, -0.2) is 0 Å². The maximum absolute atomic E-state index is 11.2. The maximum atomic E-state index is 11.2. The van der Waals surface area contributed by atoms with Crippen LogP contribution in [0.2, 0.25) is 0 Å². The molecular weight excluding hydrogens is 342 g/mol. The Kier molecular flexibility index (Phi) is 4.94. The van der Waals surface area contributed by atoms with Gasteiger partial charge in [0.2, 0.25) is 0 Å². The molecule has 0 aliphatic carbocycles. The summed E-state index contributed by atoms with van der Waals surface area (Å²) < 4.78 is 4.98. The summed E-state index contributed by atoms with van der Waals surface area (Å²) in [7, 11) is 1.47. The molecule has 0 saturated heterocycles. The molecule has 0 saturated carbocycles. The van der Waals surface area contributed by atoms with Crippen LogP contribution in [0.4, 0.5) is 17.1 Å². The van der Waals surface area contributed by atoms with Crippen LogP contribution < -0.4 is 4.74 Å². The maximum Gasteiger partial charge on any atom is 0.297 e. The van der Waals surface area contributed by atoms with Crippen LogP contribution >= 0.6 is 11.8 Å². The summed E-state index contributed by atoms with van der Waals surface area (Å²) in [5.41, 5.74) is -2.11. The van der Waals surface area contributed by atoms with E-state index in [0.29, 0.717) is 22.8 Å². The van der Waals surface area contributed by atoms with Gasteiger partial charge >= 0.3 is 0 Å². The standard InChI is InChI=1S/C13H9N3O7S/c1-23-9-2-4-10(5-3-9)24-13-11(15(19)20)6-8(14(17)18)7-12(13)16(21)22/h2-7H,1H3. The molecule has 2 aromatic rings. The largest absolute Gasteiger partial charge is 0.497 e. The predicted molar refractivity (Wildman–Crippen MR) is 83.5 cm³/mol. The van der Waals surface area contributed by atoms with E-state index < -0.39 is 31.8 Å². The number of non-ortho nitro benzene ring substituents is 1. The van der Waals surface area contributed by atoms with E-state index in [1.165, 1.54) is 7.11 Å². The molecule has 0 spiro atoms. The minimum atomic E-state index is -0.915. The first-order chi connectivity index (χ1) is 11.3. The van der Waals surface area contributed by atoms with Gasteiger partial charge in [0, 0.05) is 4.90 Å². The zero-order valence-electron chi connectivity index (χ0n) is 12.1. The topological polar surface area (TPSA) is 139 Å². The summed E-state index contributed by atoms with van der Waals surface area (Å²) in [5, 5.41) is 33.2. The summed E-state index contributed by atoms with van der Waals surface area (Å²) >= 11 is 0.776. The average molecular weight is 351 g/mol. The van der Waals surface area contributed by atoms with E-state index in [1.54, 1.807) is 24.3 Å². The summed E-state index contributed by atoms with van der Waals surface area (Å²) in [4.78, 5) is 30.7. The Morgan fingerprint density at radius 1 is 0.875 bits per heavy atom. The first-order valence-electron chi connectivity index (χ1n) is 6.26. The lowest BCUT2D eigenvalue weighted by Crippen LogP contribution is -1.99. The molecule has 0 unspecified atom stereocenters. The number of nitrogens with zero attached hydrogens (tertiary/aromatic N) is 3. The Labute approximate surface area is 138 Å². The van der Waals surface area contributed by atoms with E-state index in [9.17, 15) is 30.3 Å². The quantitative estimate of drug-likeness (QED) is 0.568. The van der Waals surface area contributed by atoms with E-state index in [2.05, 4.69) is 0 Å². The van der Waals surface area contributed by atoms with E-state index in [1.807, 2.05) is 0 Å². The van der Waals surface area contributed by atoms with Crippen molar-refractivity contribution in [3.63, 3.8) is 0 Å². The summed E-state index contributed by atoms with van der Waals surface area (Å²) in [6.45, 7) is 0. The van der Waals surface area contributed by atoms with Crippen molar-refractivity contribution in [2.24, 2.45) is 0 Å². The lowest BCUT2D eigenvalue weighted by molar-refractivity contribution is -0.407. The van der Waals surface area contributed by atoms with Crippen LogP contribution in [0.5, 0.6) is 5.75 Å². The number of nitro benzene ring substituents is 3. The molecule has 2 aromatic carbocycles. The van der Waals surface area contributed by atoms with Crippen LogP contribution in [-0.4, -0.2) is 21.9 Å². The number of benzene rings is 2. The fraction of sp³-hybridized carbons (Fsp3) is 0.0769. The third-order valence-corrected chi connectivity index (χ3v) is 4.05. The van der Waals surface area contributed by atoms with Crippen LogP contribution in [0, 0.1) is 30.3 Å². The van der Waals surface area contributed by atoms with Crippen LogP contribution in [0.3, 0.4) is 0 Å². The molecule has 0 atom stereocenters. The normalized spacial score (nSPS) is 10.2. The van der Waals surface area contributed by atoms with Crippen molar-refractivity contribution >= 4 is 28.8 Å². The van der Waals surface area contributed by atoms with E-state index in [-0.39, 0.29) is 4.90 Å². The molecular formula is C13H9N3O7S. The predicted octanol–water partition coefficient (Wildman–Crippen LogP) is 3.57. The Hall–Kier alpha value is -3.21. The van der Waals surface area contributed by atoms with Crippen LogP contribution in [0.1, 0.15) is 0 Å². The summed E-state index contributed by atoms with van der Waals surface area (Å²) in [6, 6.07) is 7.73. The second-order valence-electron chi connectivity index (χ2n) is 4.36. The fourth-order valence-corrected chi connectivity index (χ4v) is 2.81. The van der Waals surface area contributed by atoms with Crippen LogP contribution in [0.15, 0.2) is 46.2 Å². The second kappa shape index (κ2) is 6.91. The minimum absolute atomic E-state index is 0.277. The second-order valence-corrected chi connectivity index (χ2v) is 5.45. The molecule has 0 fully saturated rings. The highest BCUT2D eigenvalue weighted by Crippen LogP contribution is 2.43. The fourth-order valence-electron chi connectivity index (χ4n) is 1.83. The van der Waals surface area contributed by atoms with Gasteiger partial charge in [-0.3, -0.25) is 30.3 Å². The summed E-state index contributed by atoms with van der Waals surface area (Å²) in [5.74, 6) is 0.548. The smallest absolute Gasteiger partial charge is 0.297 e. The molecule has 10 nitrogen and oxygen atoms in total. The summed E-state index contributed by atoms with van der Waals surface area (Å²) in [6.07, 6.45) is 0. The number of nitro groups is 3. The third-order valence-electron chi connectivity index (χ3n) is 2.92. The average Bonchev–Trinajstić information content (AvgIpc) is 2.54. The van der Waals surface area contributed by atoms with Gasteiger partial charge in [0.25, 0.3) is 17.1 Å². The zero-order valence-corrected chi connectivity index (χ0v) is 12.9. The van der Waals surface area contributed by atoms with Crippen LogP contribution in [0.25, 0.3) is 0 Å². The number of hydrogen-bond donors (Lipinski definition) is 0. The minimum Gasteiger partial charge on any atom is -0.497 e. The molecule has 0 heterocycles. The van der Waals surface area contributed by atoms with Crippen molar-refractivity contribution in [2.45, 2.75) is 9.79 Å². The highest BCUT2D eigenvalue weighted by molar-refractivity contribution is 7.99. The van der Waals surface area contributed by atoms with Crippen molar-refractivity contribution in [2.75, 3.05) is 7.11 Å². The lowest BCUT2D eigenvalue weighted by atomic mass is 10.2. The van der Waals surface area contributed by atoms with Crippen molar-refractivity contribution in [3.05, 3.63) is 66.7 Å². The SMILES string of the molecule is COc1ccc(Sc2c([N+](=O)[O-])cc([N+](=O)[O-])cc2[N+](=O)[O-])cc1. The van der Waals surface area contributed by atoms with Crippen LogP contribution in [-0.2, 0) is 0 Å². The Bertz CT molecular complexity index is 788. The Morgan fingerprint density at radius 3 is 1.75 bits per heavy atom. The van der Waals surface area contributed by atoms with E-state index in [4.69, 9.17) is 4.74 Å². The van der Waals surface area contributed by atoms with Gasteiger partial charge in [-0.15, -0.1) is 0 Å². The van der Waals surface area contributed by atoms with E-state index in [0.717, 1.165) is 11.8 Å². The number of rotatable bonds is 6. The van der Waals surface area contributed by atoms with Crippen molar-refractivity contribution in [1.82, 2.24) is 0 Å². The van der Waals surface area contributed by atoms with Gasteiger partial charge in [-0.2, -0.15) is 0 Å². The van der Waals surface area contributed by atoms with Gasteiger partial charge in [0.1, 0.15) is 5.75 Å². The van der Waals surface area contributed by atoms with Crippen molar-refractivity contribution < 1.29 is 19.5 Å². The molecule has 11 heteroatoms. The Morgan fingerprint density at radius 2 is 1.38 bits per heavy atom. The molecule has 0 aliphatic rings. The van der Waals surface area contributed by atoms with Gasteiger partial charge in [-0.1, -0.05) is 11.8 Å². The third kappa shape index (κ3) is 3.57. The van der Waals surface area contributed by atoms with E-state index >= 15 is 0 Å². The molecule has 0 bridgehead atoms. The molecule has 124 valence electrons. The first kappa shape index (κ1) is 17.1. The highest BCUT2D eigenvalue weighted by atomic mass is 32.2. The van der Waals surface area contributed by atoms with Gasteiger partial charge < -0.3 is 4.74 Å². The molecule has 24 heavy (non-hydrogen) atoms. The number of methoxy groups -OCH3 is 1. The van der Waals surface area contributed by atoms with Gasteiger partial charge in [0.15, 0.2) is 4.90 Å². The molecule has 2 rings (SSSR count). The number of ether oxygens (including phenoxy) is 1. The Balaban J connectivity index is 2.58. The highest BCUT2D eigenvalue weighted by Gasteiger charge is 2.31. The van der Waals surface area contributed by atoms with Crippen molar-refractivity contribution in [3.8, 4) is 5.75 Å². The molecule has 0 amide bonds. The van der Waals surface area contributed by atoms with Gasteiger partial charge in [-0.05, 0) is 24.3 Å². The van der Waals surface area contributed by atoms with Crippen molar-refractivity contribution in [1.29, 1.82) is 0 Å². The zero-order chi connectivity index (χ0) is 17.9. The lowest BCUT2D eigenvalue weighted by Gasteiger charge is -2.05. The first-order valence-corrected chi connectivity index (χ1v) is 7.08. The van der Waals surface area contributed by atoms with Gasteiger partial charge in [0.05, 0.1) is 34.0 Å².